The lowest BCUT2D eigenvalue weighted by molar-refractivity contribution is 0.618. The molecule has 0 atom stereocenters. The topological polar surface area (TPSA) is 50.7 Å². The van der Waals surface area contributed by atoms with E-state index in [0.717, 1.165) is 21.2 Å². The Morgan fingerprint density at radius 2 is 1.95 bits per heavy atom. The van der Waals surface area contributed by atoms with E-state index in [-0.39, 0.29) is 11.6 Å². The van der Waals surface area contributed by atoms with Gasteiger partial charge in [-0.3, -0.25) is 4.79 Å². The van der Waals surface area contributed by atoms with Gasteiger partial charge in [-0.1, -0.05) is 28.1 Å². The first-order valence-electron chi connectivity index (χ1n) is 6.42. The van der Waals surface area contributed by atoms with Crippen molar-refractivity contribution in [1.29, 1.82) is 0 Å². The van der Waals surface area contributed by atoms with E-state index in [4.69, 9.17) is 0 Å². The molecule has 1 aromatic carbocycles. The van der Waals surface area contributed by atoms with Gasteiger partial charge in [0.2, 0.25) is 0 Å². The highest BCUT2D eigenvalue weighted by molar-refractivity contribution is 9.10. The summed E-state index contributed by atoms with van der Waals surface area (Å²) in [6.07, 6.45) is 3.45. The third-order valence-corrected chi connectivity index (χ3v) is 3.86. The van der Waals surface area contributed by atoms with E-state index in [1.165, 1.54) is 6.33 Å². The van der Waals surface area contributed by atoms with Crippen molar-refractivity contribution in [3.63, 3.8) is 0 Å². The molecule has 0 saturated heterocycles. The van der Waals surface area contributed by atoms with Crippen molar-refractivity contribution in [2.75, 3.05) is 0 Å². The van der Waals surface area contributed by atoms with Crippen molar-refractivity contribution in [3.8, 4) is 11.1 Å². The Bertz CT molecular complexity index is 815. The number of nitrogens with one attached hydrogen (secondary N) is 1. The summed E-state index contributed by atoms with van der Waals surface area (Å²) in [6, 6.07) is 8.18. The normalized spacial score (nSPS) is 11.4. The van der Waals surface area contributed by atoms with Gasteiger partial charge in [-0.15, -0.1) is 0 Å². The number of rotatable bonds is 2. The largest absolute Gasteiger partial charge is 0.329 e. The molecule has 1 N–H and O–H groups in total. The molecule has 2 heterocycles. The van der Waals surface area contributed by atoms with Gasteiger partial charge in [-0.05, 0) is 31.5 Å². The van der Waals surface area contributed by atoms with Crippen LogP contribution in [0, 0.1) is 0 Å². The Hall–Kier alpha value is -1.88. The summed E-state index contributed by atoms with van der Waals surface area (Å²) in [5.41, 5.74) is 2.54. The summed E-state index contributed by atoms with van der Waals surface area (Å²) in [5, 5.41) is 0.642. The van der Waals surface area contributed by atoms with Gasteiger partial charge in [0.05, 0.1) is 11.7 Å². The number of hydrogen-bond donors (Lipinski definition) is 1. The number of H-pyrrole nitrogens is 1. The third-order valence-electron chi connectivity index (χ3n) is 3.33. The number of aromatic amines is 1. The second-order valence-corrected chi connectivity index (χ2v) is 5.90. The minimum atomic E-state index is -0.104. The van der Waals surface area contributed by atoms with E-state index < -0.39 is 0 Å². The maximum atomic E-state index is 12.2. The van der Waals surface area contributed by atoms with Crippen LogP contribution in [0.25, 0.3) is 22.2 Å². The van der Waals surface area contributed by atoms with Crippen molar-refractivity contribution in [2.45, 2.75) is 19.9 Å². The van der Waals surface area contributed by atoms with Crippen LogP contribution in [0.4, 0.5) is 0 Å². The van der Waals surface area contributed by atoms with Gasteiger partial charge in [0, 0.05) is 22.3 Å². The molecule has 4 nitrogen and oxygen atoms in total. The first-order valence-corrected chi connectivity index (χ1v) is 7.21. The van der Waals surface area contributed by atoms with Crippen LogP contribution in [0.1, 0.15) is 19.9 Å². The zero-order valence-corrected chi connectivity index (χ0v) is 12.8. The lowest BCUT2D eigenvalue weighted by Gasteiger charge is -2.07. The van der Waals surface area contributed by atoms with Crippen molar-refractivity contribution >= 4 is 27.0 Å². The quantitative estimate of drug-likeness (QED) is 0.777. The van der Waals surface area contributed by atoms with Crippen molar-refractivity contribution < 1.29 is 0 Å². The van der Waals surface area contributed by atoms with Crippen LogP contribution in [0.3, 0.4) is 0 Å². The summed E-state index contributed by atoms with van der Waals surface area (Å²) in [6.45, 7) is 4.15. The van der Waals surface area contributed by atoms with Crippen molar-refractivity contribution in [2.24, 2.45) is 0 Å². The number of nitrogens with zero attached hydrogens (tertiary/aromatic N) is 2. The first-order chi connectivity index (χ1) is 9.58. The van der Waals surface area contributed by atoms with Gasteiger partial charge in [0.15, 0.2) is 0 Å². The number of fused-ring (bicyclic) bond motifs is 1. The zero-order valence-electron chi connectivity index (χ0n) is 11.2. The summed E-state index contributed by atoms with van der Waals surface area (Å²) >= 11 is 3.43. The molecule has 0 amide bonds. The molecule has 0 bridgehead atoms. The van der Waals surface area contributed by atoms with E-state index in [9.17, 15) is 4.79 Å². The fourth-order valence-corrected chi connectivity index (χ4v) is 2.60. The highest BCUT2D eigenvalue weighted by Gasteiger charge is 2.15. The Labute approximate surface area is 124 Å². The number of hydrogen-bond acceptors (Lipinski definition) is 2. The highest BCUT2D eigenvalue weighted by atomic mass is 79.9. The lowest BCUT2D eigenvalue weighted by atomic mass is 10.1. The van der Waals surface area contributed by atoms with Gasteiger partial charge in [-0.25, -0.2) is 4.98 Å². The van der Waals surface area contributed by atoms with Crippen LogP contribution in [-0.4, -0.2) is 14.5 Å². The van der Waals surface area contributed by atoms with E-state index in [1.807, 2.05) is 35.0 Å². The summed E-state index contributed by atoms with van der Waals surface area (Å²) in [4.78, 5) is 19.1. The summed E-state index contributed by atoms with van der Waals surface area (Å²) in [5.74, 6) is 0. The molecule has 3 rings (SSSR count). The smallest absolute Gasteiger partial charge is 0.260 e. The molecule has 0 aliphatic rings. The molecule has 20 heavy (non-hydrogen) atoms. The van der Waals surface area contributed by atoms with Crippen LogP contribution in [-0.2, 0) is 0 Å². The maximum absolute atomic E-state index is 12.2. The highest BCUT2D eigenvalue weighted by Crippen LogP contribution is 2.29. The number of benzene rings is 1. The molecule has 3 aromatic rings. The number of halogens is 1. The molecule has 0 radical (unpaired) electrons. The van der Waals surface area contributed by atoms with Crippen LogP contribution >= 0.6 is 15.9 Å². The lowest BCUT2D eigenvalue weighted by Crippen LogP contribution is -2.08. The van der Waals surface area contributed by atoms with Crippen molar-refractivity contribution in [1.82, 2.24) is 14.5 Å². The number of aromatic nitrogens is 3. The Morgan fingerprint density at radius 1 is 1.25 bits per heavy atom. The zero-order chi connectivity index (χ0) is 14.3. The van der Waals surface area contributed by atoms with Crippen LogP contribution in [0.5, 0.6) is 0 Å². The minimum Gasteiger partial charge on any atom is -0.329 e. The molecular weight excluding hydrogens is 318 g/mol. The average molecular weight is 332 g/mol. The Balaban J connectivity index is 2.36. The van der Waals surface area contributed by atoms with Gasteiger partial charge >= 0.3 is 0 Å². The van der Waals surface area contributed by atoms with Gasteiger partial charge in [0.25, 0.3) is 5.56 Å². The van der Waals surface area contributed by atoms with Gasteiger partial charge in [-0.2, -0.15) is 0 Å². The molecule has 0 spiro atoms. The Morgan fingerprint density at radius 3 is 2.60 bits per heavy atom. The monoisotopic (exact) mass is 331 g/mol. The molecular formula is C15H14BrN3O. The average Bonchev–Trinajstić information content (AvgIpc) is 2.81. The standard InChI is InChI=1S/C15H14BrN3O/c1-9(2)19-7-12(10-3-5-11(16)6-4-10)13-14(19)17-8-18-15(13)20/h3-9H,1-2H3,(H,17,18,20). The predicted octanol–water partition coefficient (Wildman–Crippen LogP) is 3.74. The van der Waals surface area contributed by atoms with E-state index in [2.05, 4.69) is 39.7 Å². The van der Waals surface area contributed by atoms with Crippen LogP contribution in [0.2, 0.25) is 0 Å². The SMILES string of the molecule is CC(C)n1cc(-c2ccc(Br)cc2)c2c(=O)[nH]cnc21. The molecule has 0 aliphatic heterocycles. The summed E-state index contributed by atoms with van der Waals surface area (Å²) < 4.78 is 3.04. The first kappa shape index (κ1) is 13.1. The molecule has 0 unspecified atom stereocenters. The fraction of sp³-hybridized carbons (Fsp3) is 0.200. The Kier molecular flexibility index (Phi) is 3.22. The van der Waals surface area contributed by atoms with Crippen LogP contribution in [0.15, 0.2) is 46.1 Å². The molecule has 102 valence electrons. The molecule has 0 saturated carbocycles. The molecule has 5 heteroatoms. The minimum absolute atomic E-state index is 0.104. The fourth-order valence-electron chi connectivity index (χ4n) is 2.34. The molecule has 0 fully saturated rings. The maximum Gasteiger partial charge on any atom is 0.260 e. The van der Waals surface area contributed by atoms with E-state index in [0.29, 0.717) is 5.39 Å². The second kappa shape index (κ2) is 4.90. The second-order valence-electron chi connectivity index (χ2n) is 4.98. The van der Waals surface area contributed by atoms with Gasteiger partial charge in [0.1, 0.15) is 5.65 Å². The van der Waals surface area contributed by atoms with Crippen LogP contribution < -0.4 is 5.56 Å². The van der Waals surface area contributed by atoms with E-state index >= 15 is 0 Å². The van der Waals surface area contributed by atoms with E-state index in [1.54, 1.807) is 0 Å². The molecule has 0 aliphatic carbocycles. The van der Waals surface area contributed by atoms with Gasteiger partial charge < -0.3 is 9.55 Å². The predicted molar refractivity (Wildman–Crippen MR) is 83.9 cm³/mol. The molecule has 2 aromatic heterocycles. The third kappa shape index (κ3) is 2.08. The van der Waals surface area contributed by atoms with Crippen molar-refractivity contribution in [3.05, 3.63) is 51.6 Å². The summed E-state index contributed by atoms with van der Waals surface area (Å²) in [7, 11) is 0.